The van der Waals surface area contributed by atoms with E-state index in [0.717, 1.165) is 4.90 Å². The van der Waals surface area contributed by atoms with E-state index in [4.69, 9.17) is 22.4 Å². The number of carbonyl (C=O) groups is 2. The maximum Gasteiger partial charge on any atom is 0.407 e. The molecule has 0 aliphatic rings. The third-order valence-electron chi connectivity index (χ3n) is 2.87. The van der Waals surface area contributed by atoms with Crippen LogP contribution in [0, 0.1) is 5.92 Å². The van der Waals surface area contributed by atoms with E-state index in [1.807, 2.05) is 0 Å². The van der Waals surface area contributed by atoms with Gasteiger partial charge in [-0.2, -0.15) is 0 Å². The van der Waals surface area contributed by atoms with Gasteiger partial charge in [-0.25, -0.2) is 4.79 Å². The minimum atomic E-state index is -1.15. The number of carbonyl (C=O) groups excluding carboxylic acids is 1. The fraction of sp³-hybridized carbons (Fsp3) is 0.333. The number of nitrogens with two attached hydrogens (primary N) is 1. The third-order valence-corrected chi connectivity index (χ3v) is 3.21. The number of hydrogen-bond acceptors (Lipinski definition) is 2. The van der Waals surface area contributed by atoms with E-state index in [2.05, 4.69) is 0 Å². The summed E-state index contributed by atoms with van der Waals surface area (Å²) in [6.45, 7) is 1.58. The Morgan fingerprint density at radius 2 is 1.94 bits per heavy atom. The quantitative estimate of drug-likeness (QED) is 0.879. The number of hydrogen-bond donors (Lipinski definition) is 2. The normalized spacial score (nSPS) is 13.7. The van der Waals surface area contributed by atoms with Crippen molar-refractivity contribution in [2.45, 2.75) is 13.0 Å². The third kappa shape index (κ3) is 2.92. The molecule has 0 saturated carbocycles. The Balaban J connectivity index is 3.25. The molecule has 2 atom stereocenters. The van der Waals surface area contributed by atoms with Gasteiger partial charge < -0.3 is 15.7 Å². The fourth-order valence-electron chi connectivity index (χ4n) is 1.80. The van der Waals surface area contributed by atoms with E-state index in [-0.39, 0.29) is 0 Å². The number of halogens is 1. The van der Waals surface area contributed by atoms with E-state index in [1.165, 1.54) is 7.05 Å². The van der Waals surface area contributed by atoms with E-state index >= 15 is 0 Å². The average Bonchev–Trinajstić information content (AvgIpc) is 2.31. The second kappa shape index (κ2) is 5.73. The van der Waals surface area contributed by atoms with Crippen molar-refractivity contribution >= 4 is 23.6 Å². The number of rotatable bonds is 4. The van der Waals surface area contributed by atoms with Crippen LogP contribution in [-0.2, 0) is 4.79 Å². The molecule has 0 fully saturated rings. The van der Waals surface area contributed by atoms with Crippen LogP contribution < -0.4 is 5.73 Å². The molecule has 0 saturated heterocycles. The van der Waals surface area contributed by atoms with Crippen LogP contribution in [0.3, 0.4) is 0 Å². The van der Waals surface area contributed by atoms with E-state index in [1.54, 1.807) is 31.2 Å². The standard InChI is InChI=1S/C12H15ClN2O3/c1-7(11(14)16)10(15(2)12(17)18)8-5-3-4-6-9(8)13/h3-7,10H,1-2H3,(H2,14,16)(H,17,18). The van der Waals surface area contributed by atoms with Gasteiger partial charge in [-0.15, -0.1) is 0 Å². The van der Waals surface area contributed by atoms with Gasteiger partial charge in [0.2, 0.25) is 5.91 Å². The molecular weight excluding hydrogens is 256 g/mol. The van der Waals surface area contributed by atoms with Crippen LogP contribution in [0.1, 0.15) is 18.5 Å². The highest BCUT2D eigenvalue weighted by Crippen LogP contribution is 2.32. The largest absolute Gasteiger partial charge is 0.465 e. The zero-order valence-corrected chi connectivity index (χ0v) is 10.9. The SMILES string of the molecule is CC(C(N)=O)C(c1ccccc1Cl)N(C)C(=O)O. The van der Waals surface area contributed by atoms with Crippen molar-refractivity contribution in [1.82, 2.24) is 4.90 Å². The molecule has 5 nitrogen and oxygen atoms in total. The van der Waals surface area contributed by atoms with E-state index < -0.39 is 24.0 Å². The predicted molar refractivity (Wildman–Crippen MR) is 68.3 cm³/mol. The van der Waals surface area contributed by atoms with E-state index in [0.29, 0.717) is 10.6 Å². The number of amides is 2. The number of nitrogens with zero attached hydrogens (tertiary/aromatic N) is 1. The first-order chi connectivity index (χ1) is 8.36. The number of carboxylic acid groups (broad SMARTS) is 1. The van der Waals surface area contributed by atoms with Crippen molar-refractivity contribution in [3.05, 3.63) is 34.9 Å². The molecule has 0 bridgehead atoms. The molecule has 18 heavy (non-hydrogen) atoms. The Morgan fingerprint density at radius 3 is 2.39 bits per heavy atom. The maximum absolute atomic E-state index is 11.3. The number of primary amides is 1. The Bertz CT molecular complexity index is 444. The molecule has 1 rings (SSSR count). The van der Waals surface area contributed by atoms with Crippen LogP contribution in [0.2, 0.25) is 5.02 Å². The maximum atomic E-state index is 11.3. The molecule has 0 aliphatic heterocycles. The predicted octanol–water partition coefficient (Wildman–Crippen LogP) is 2.11. The van der Waals surface area contributed by atoms with Crippen LogP contribution >= 0.6 is 11.6 Å². The molecule has 1 aromatic carbocycles. The summed E-state index contributed by atoms with van der Waals surface area (Å²) in [6, 6.07) is 6.10. The summed E-state index contributed by atoms with van der Waals surface area (Å²) in [5.74, 6) is -1.25. The lowest BCUT2D eigenvalue weighted by atomic mass is 9.93. The lowest BCUT2D eigenvalue weighted by Gasteiger charge is -2.30. The van der Waals surface area contributed by atoms with Gasteiger partial charge in [0.1, 0.15) is 0 Å². The summed E-state index contributed by atoms with van der Waals surface area (Å²) in [7, 11) is 1.38. The van der Waals surface area contributed by atoms with Crippen LogP contribution in [-0.4, -0.2) is 29.1 Å². The second-order valence-corrected chi connectivity index (χ2v) is 4.46. The van der Waals surface area contributed by atoms with Gasteiger partial charge in [0.05, 0.1) is 12.0 Å². The highest BCUT2D eigenvalue weighted by atomic mass is 35.5. The lowest BCUT2D eigenvalue weighted by Crippen LogP contribution is -2.38. The van der Waals surface area contributed by atoms with Gasteiger partial charge in [0.15, 0.2) is 0 Å². The van der Waals surface area contributed by atoms with Gasteiger partial charge in [-0.1, -0.05) is 36.7 Å². The molecule has 0 radical (unpaired) electrons. The fourth-order valence-corrected chi connectivity index (χ4v) is 2.05. The zero-order chi connectivity index (χ0) is 13.9. The molecule has 1 aromatic rings. The van der Waals surface area contributed by atoms with Crippen LogP contribution in [0.15, 0.2) is 24.3 Å². The van der Waals surface area contributed by atoms with Gasteiger partial charge in [-0.3, -0.25) is 4.79 Å². The van der Waals surface area contributed by atoms with Crippen molar-refractivity contribution in [1.29, 1.82) is 0 Å². The average molecular weight is 271 g/mol. The summed E-state index contributed by atoms with van der Waals surface area (Å²) in [6.07, 6.45) is -1.15. The first-order valence-corrected chi connectivity index (χ1v) is 5.73. The first-order valence-electron chi connectivity index (χ1n) is 5.35. The molecule has 3 N–H and O–H groups in total. The van der Waals surface area contributed by atoms with Crippen molar-refractivity contribution < 1.29 is 14.7 Å². The van der Waals surface area contributed by atoms with Gasteiger partial charge in [-0.05, 0) is 11.6 Å². The first kappa shape index (κ1) is 14.3. The molecule has 0 heterocycles. The van der Waals surface area contributed by atoms with Crippen LogP contribution in [0.4, 0.5) is 4.79 Å². The summed E-state index contributed by atoms with van der Waals surface area (Å²) in [5, 5.41) is 9.47. The molecular formula is C12H15ClN2O3. The monoisotopic (exact) mass is 270 g/mol. The smallest absolute Gasteiger partial charge is 0.407 e. The summed E-state index contributed by atoms with van der Waals surface area (Å²) in [5.41, 5.74) is 5.83. The summed E-state index contributed by atoms with van der Waals surface area (Å²) >= 11 is 6.04. The second-order valence-electron chi connectivity index (χ2n) is 4.05. The van der Waals surface area contributed by atoms with Gasteiger partial charge in [0.25, 0.3) is 0 Å². The van der Waals surface area contributed by atoms with E-state index in [9.17, 15) is 9.59 Å². The Labute approximate surface area is 110 Å². The van der Waals surface area contributed by atoms with Crippen LogP contribution in [0.25, 0.3) is 0 Å². The molecule has 2 unspecified atom stereocenters. The van der Waals surface area contributed by atoms with Gasteiger partial charge >= 0.3 is 6.09 Å². The van der Waals surface area contributed by atoms with Crippen molar-refractivity contribution in [3.8, 4) is 0 Å². The van der Waals surface area contributed by atoms with Gasteiger partial charge in [0, 0.05) is 12.1 Å². The molecule has 0 aromatic heterocycles. The van der Waals surface area contributed by atoms with Crippen molar-refractivity contribution in [2.75, 3.05) is 7.05 Å². The molecule has 2 amide bonds. The Kier molecular flexibility index (Phi) is 4.55. The molecule has 98 valence electrons. The molecule has 0 aliphatic carbocycles. The summed E-state index contributed by atoms with van der Waals surface area (Å²) in [4.78, 5) is 23.4. The number of benzene rings is 1. The molecule has 6 heteroatoms. The summed E-state index contributed by atoms with van der Waals surface area (Å²) < 4.78 is 0. The zero-order valence-electron chi connectivity index (χ0n) is 10.1. The van der Waals surface area contributed by atoms with Crippen molar-refractivity contribution in [3.63, 3.8) is 0 Å². The minimum absolute atomic E-state index is 0.406. The Morgan fingerprint density at radius 1 is 1.39 bits per heavy atom. The van der Waals surface area contributed by atoms with Crippen molar-refractivity contribution in [2.24, 2.45) is 11.7 Å². The highest BCUT2D eigenvalue weighted by Gasteiger charge is 2.31. The lowest BCUT2D eigenvalue weighted by molar-refractivity contribution is -0.123. The Hall–Kier alpha value is -1.75. The highest BCUT2D eigenvalue weighted by molar-refractivity contribution is 6.31. The van der Waals surface area contributed by atoms with Crippen LogP contribution in [0.5, 0.6) is 0 Å². The minimum Gasteiger partial charge on any atom is -0.465 e. The topological polar surface area (TPSA) is 83.6 Å². The molecule has 0 spiro atoms.